The van der Waals surface area contributed by atoms with Gasteiger partial charge in [0.05, 0.1) is 27.1 Å². The Labute approximate surface area is 185 Å². The van der Waals surface area contributed by atoms with Gasteiger partial charge in [0.1, 0.15) is 0 Å². The van der Waals surface area contributed by atoms with E-state index < -0.39 is 0 Å². The molecule has 0 saturated heterocycles. The first-order chi connectivity index (χ1) is 14.9. The van der Waals surface area contributed by atoms with Crippen molar-refractivity contribution in [3.63, 3.8) is 0 Å². The molecule has 0 aliphatic carbocycles. The van der Waals surface area contributed by atoms with Crippen molar-refractivity contribution in [3.8, 4) is 28.6 Å². The van der Waals surface area contributed by atoms with Crippen LogP contribution in [0.4, 0.5) is 5.69 Å². The van der Waals surface area contributed by atoms with Crippen molar-refractivity contribution >= 4 is 23.4 Å². The number of thioether (sulfide) groups is 1. The Bertz CT molecular complexity index is 1070. The van der Waals surface area contributed by atoms with Gasteiger partial charge in [-0.25, -0.2) is 0 Å². The summed E-state index contributed by atoms with van der Waals surface area (Å²) >= 11 is 1.32. The van der Waals surface area contributed by atoms with Crippen LogP contribution in [-0.4, -0.2) is 47.8 Å². The van der Waals surface area contributed by atoms with Gasteiger partial charge in [0.2, 0.25) is 11.7 Å². The van der Waals surface area contributed by atoms with Crippen molar-refractivity contribution < 1.29 is 19.0 Å². The highest BCUT2D eigenvalue weighted by atomic mass is 32.2. The maximum atomic E-state index is 12.4. The highest BCUT2D eigenvalue weighted by Gasteiger charge is 2.19. The topological polar surface area (TPSA) is 87.5 Å². The van der Waals surface area contributed by atoms with Gasteiger partial charge in [-0.05, 0) is 43.2 Å². The molecule has 0 atom stereocenters. The summed E-state index contributed by atoms with van der Waals surface area (Å²) in [5, 5.41) is 12.1. The molecule has 0 saturated carbocycles. The first kappa shape index (κ1) is 22.5. The summed E-state index contributed by atoms with van der Waals surface area (Å²) in [4.78, 5) is 12.4. The summed E-state index contributed by atoms with van der Waals surface area (Å²) in [7, 11) is 6.53. The number of ether oxygens (including phenoxy) is 3. The van der Waals surface area contributed by atoms with E-state index in [0.29, 0.717) is 28.2 Å². The van der Waals surface area contributed by atoms with E-state index in [4.69, 9.17) is 14.2 Å². The van der Waals surface area contributed by atoms with Gasteiger partial charge in [-0.2, -0.15) is 0 Å². The Morgan fingerprint density at radius 3 is 2.35 bits per heavy atom. The van der Waals surface area contributed by atoms with Crippen LogP contribution in [0, 0.1) is 13.8 Å². The maximum Gasteiger partial charge on any atom is 0.234 e. The second kappa shape index (κ2) is 9.74. The molecule has 0 unspecified atom stereocenters. The molecule has 9 heteroatoms. The van der Waals surface area contributed by atoms with Crippen LogP contribution in [0.25, 0.3) is 11.4 Å². The lowest BCUT2D eigenvalue weighted by Gasteiger charge is -2.14. The number of rotatable bonds is 8. The van der Waals surface area contributed by atoms with Crippen molar-refractivity contribution in [1.29, 1.82) is 0 Å². The van der Waals surface area contributed by atoms with Gasteiger partial charge in [0.15, 0.2) is 22.5 Å². The fourth-order valence-corrected chi connectivity index (χ4v) is 3.82. The van der Waals surface area contributed by atoms with Crippen molar-refractivity contribution in [2.75, 3.05) is 32.4 Å². The third-order valence-electron chi connectivity index (χ3n) is 4.97. The number of aromatic nitrogens is 3. The van der Waals surface area contributed by atoms with Crippen molar-refractivity contribution in [1.82, 2.24) is 14.8 Å². The van der Waals surface area contributed by atoms with Crippen LogP contribution in [0.3, 0.4) is 0 Å². The van der Waals surface area contributed by atoms with Crippen LogP contribution in [0.1, 0.15) is 11.1 Å². The minimum Gasteiger partial charge on any atom is -0.493 e. The lowest BCUT2D eigenvalue weighted by molar-refractivity contribution is -0.113. The molecule has 31 heavy (non-hydrogen) atoms. The number of amides is 1. The molecule has 1 amide bonds. The Balaban J connectivity index is 1.76. The molecule has 3 rings (SSSR count). The third-order valence-corrected chi connectivity index (χ3v) is 5.99. The van der Waals surface area contributed by atoms with Gasteiger partial charge in [0, 0.05) is 18.3 Å². The maximum absolute atomic E-state index is 12.4. The number of hydrogen-bond donors (Lipinski definition) is 1. The van der Waals surface area contributed by atoms with E-state index in [9.17, 15) is 4.79 Å². The number of nitrogens with zero attached hydrogens (tertiary/aromatic N) is 3. The predicted molar refractivity (Wildman–Crippen MR) is 121 cm³/mol. The Kier molecular flexibility index (Phi) is 7.06. The number of aryl methyl sites for hydroxylation is 1. The molecule has 1 aromatic heterocycles. The van der Waals surface area contributed by atoms with E-state index in [1.54, 1.807) is 21.3 Å². The molecule has 2 aromatic carbocycles. The fraction of sp³-hybridized carbons (Fsp3) is 0.318. The molecule has 1 heterocycles. The van der Waals surface area contributed by atoms with Gasteiger partial charge in [-0.1, -0.05) is 23.9 Å². The van der Waals surface area contributed by atoms with E-state index >= 15 is 0 Å². The quantitative estimate of drug-likeness (QED) is 0.530. The lowest BCUT2D eigenvalue weighted by atomic mass is 10.1. The Morgan fingerprint density at radius 1 is 1.06 bits per heavy atom. The number of nitrogens with one attached hydrogen (secondary N) is 1. The van der Waals surface area contributed by atoms with E-state index in [2.05, 4.69) is 15.5 Å². The largest absolute Gasteiger partial charge is 0.493 e. The summed E-state index contributed by atoms with van der Waals surface area (Å²) < 4.78 is 18.0. The minimum atomic E-state index is -0.101. The number of benzene rings is 2. The number of methoxy groups -OCH3 is 3. The molecule has 164 valence electrons. The number of carbonyl (C=O) groups excluding carboxylic acids is 1. The molecule has 1 N–H and O–H groups in total. The van der Waals surface area contributed by atoms with Gasteiger partial charge in [-0.3, -0.25) is 4.79 Å². The number of anilines is 1. The summed E-state index contributed by atoms with van der Waals surface area (Å²) in [5.41, 5.74) is 3.77. The van der Waals surface area contributed by atoms with E-state index in [1.807, 2.05) is 55.8 Å². The van der Waals surface area contributed by atoms with Gasteiger partial charge in [-0.15, -0.1) is 10.2 Å². The van der Waals surface area contributed by atoms with Crippen LogP contribution in [0.5, 0.6) is 17.2 Å². The summed E-state index contributed by atoms with van der Waals surface area (Å²) in [6.45, 7) is 4.01. The van der Waals surface area contributed by atoms with Crippen LogP contribution in [0.2, 0.25) is 0 Å². The van der Waals surface area contributed by atoms with Gasteiger partial charge >= 0.3 is 0 Å². The third kappa shape index (κ3) is 4.77. The van der Waals surface area contributed by atoms with Crippen LogP contribution >= 0.6 is 11.8 Å². The fourth-order valence-electron chi connectivity index (χ4n) is 3.11. The second-order valence-corrected chi connectivity index (χ2v) is 7.81. The molecule has 0 fully saturated rings. The summed E-state index contributed by atoms with van der Waals surface area (Å²) in [6, 6.07) is 9.47. The molecule has 0 aliphatic heterocycles. The average molecular weight is 443 g/mol. The molecule has 3 aromatic rings. The molecule has 8 nitrogen and oxygen atoms in total. The molecule has 0 bridgehead atoms. The summed E-state index contributed by atoms with van der Waals surface area (Å²) in [6.07, 6.45) is 0. The first-order valence-electron chi connectivity index (χ1n) is 9.58. The minimum absolute atomic E-state index is 0.101. The normalized spacial score (nSPS) is 10.6. The zero-order valence-electron chi connectivity index (χ0n) is 18.5. The van der Waals surface area contributed by atoms with Crippen LogP contribution in [-0.2, 0) is 11.8 Å². The van der Waals surface area contributed by atoms with E-state index in [0.717, 1.165) is 22.4 Å². The molecular formula is C22H26N4O4S. The molecule has 0 aliphatic rings. The zero-order valence-corrected chi connectivity index (χ0v) is 19.3. The van der Waals surface area contributed by atoms with Crippen molar-refractivity contribution in [2.45, 2.75) is 19.0 Å². The summed E-state index contributed by atoms with van der Waals surface area (Å²) in [5.74, 6) is 2.31. The number of carbonyl (C=O) groups is 1. The predicted octanol–water partition coefficient (Wildman–Crippen LogP) is 3.86. The van der Waals surface area contributed by atoms with Crippen molar-refractivity contribution in [2.24, 2.45) is 7.05 Å². The average Bonchev–Trinajstić information content (AvgIpc) is 3.14. The van der Waals surface area contributed by atoms with Crippen molar-refractivity contribution in [3.05, 3.63) is 41.5 Å². The zero-order chi connectivity index (χ0) is 22.5. The van der Waals surface area contributed by atoms with Gasteiger partial charge in [0.25, 0.3) is 0 Å². The second-order valence-electron chi connectivity index (χ2n) is 6.86. The van der Waals surface area contributed by atoms with Gasteiger partial charge < -0.3 is 24.1 Å². The van der Waals surface area contributed by atoms with E-state index in [1.165, 1.54) is 11.8 Å². The van der Waals surface area contributed by atoms with Crippen LogP contribution in [0.15, 0.2) is 35.5 Å². The first-order valence-corrected chi connectivity index (χ1v) is 10.6. The number of hydrogen-bond acceptors (Lipinski definition) is 7. The SMILES string of the molecule is COc1cc(-c2nnc(SCC(=O)Nc3cccc(C)c3C)n2C)cc(OC)c1OC. The standard InChI is InChI=1S/C22H26N4O4S/c1-13-8-7-9-16(14(13)2)23-19(27)12-31-22-25-24-21(26(22)3)15-10-17(28-4)20(30-6)18(11-15)29-5/h7-11H,12H2,1-6H3,(H,23,27). The molecule has 0 spiro atoms. The Morgan fingerprint density at radius 2 is 1.74 bits per heavy atom. The van der Waals surface area contributed by atoms with E-state index in [-0.39, 0.29) is 11.7 Å². The highest BCUT2D eigenvalue weighted by molar-refractivity contribution is 7.99. The molecular weight excluding hydrogens is 416 g/mol. The lowest BCUT2D eigenvalue weighted by Crippen LogP contribution is -2.15. The Hall–Kier alpha value is -3.20. The van der Waals surface area contributed by atoms with Crippen LogP contribution < -0.4 is 19.5 Å². The highest BCUT2D eigenvalue weighted by Crippen LogP contribution is 2.41. The smallest absolute Gasteiger partial charge is 0.234 e. The monoisotopic (exact) mass is 442 g/mol. The molecule has 0 radical (unpaired) electrons.